The fourth-order valence-corrected chi connectivity index (χ4v) is 4.12. The fraction of sp³-hybridized carbons (Fsp3) is 0.435. The first-order chi connectivity index (χ1) is 16.2. The van der Waals surface area contributed by atoms with Crippen LogP contribution in [0.4, 0.5) is 5.82 Å². The number of aryl methyl sites for hydroxylation is 4. The van der Waals surface area contributed by atoms with E-state index in [4.69, 9.17) is 23.2 Å². The van der Waals surface area contributed by atoms with E-state index >= 15 is 0 Å². The number of aromatic nitrogens is 5. The highest BCUT2D eigenvalue weighted by atomic mass is 35.5. The third kappa shape index (κ3) is 6.15. The molecule has 1 atom stereocenters. The van der Waals surface area contributed by atoms with Crippen molar-refractivity contribution in [1.82, 2.24) is 30.3 Å². The number of halogens is 2. The third-order valence-electron chi connectivity index (χ3n) is 5.52. The Kier molecular flexibility index (Phi) is 8.68. The van der Waals surface area contributed by atoms with Gasteiger partial charge in [0.25, 0.3) is 5.91 Å². The quantitative estimate of drug-likeness (QED) is 0.354. The van der Waals surface area contributed by atoms with Crippen LogP contribution in [-0.2, 0) is 11.3 Å². The van der Waals surface area contributed by atoms with Crippen LogP contribution >= 0.6 is 23.2 Å². The number of nitrogens with zero attached hydrogens (tertiary/aromatic N) is 4. The lowest BCUT2D eigenvalue weighted by Crippen LogP contribution is -2.44. The van der Waals surface area contributed by atoms with Gasteiger partial charge >= 0.3 is 0 Å². The number of aromatic amines is 1. The number of rotatable bonds is 10. The molecule has 2 amide bonds. The molecule has 0 unspecified atom stereocenters. The Labute approximate surface area is 208 Å². The van der Waals surface area contributed by atoms with Crippen molar-refractivity contribution in [3.63, 3.8) is 0 Å². The SMILES string of the molecule is CCn1nccc1C(=O)N[C@H](CCCC(Cl)Cl)C(=O)Nc1ccc(-c2c(C)n[nH]c2C)c(C)n1. The summed E-state index contributed by atoms with van der Waals surface area (Å²) in [4.78, 5) is 29.9. The minimum Gasteiger partial charge on any atom is -0.339 e. The van der Waals surface area contributed by atoms with E-state index in [9.17, 15) is 9.59 Å². The van der Waals surface area contributed by atoms with Gasteiger partial charge in [0.05, 0.1) is 5.69 Å². The Morgan fingerprint density at radius 2 is 1.88 bits per heavy atom. The summed E-state index contributed by atoms with van der Waals surface area (Å²) in [5, 5.41) is 17.0. The van der Waals surface area contributed by atoms with E-state index in [0.29, 0.717) is 37.3 Å². The molecule has 3 heterocycles. The molecule has 0 fully saturated rings. The summed E-state index contributed by atoms with van der Waals surface area (Å²) in [7, 11) is 0. The summed E-state index contributed by atoms with van der Waals surface area (Å²) in [6, 6.07) is 4.47. The van der Waals surface area contributed by atoms with Crippen LogP contribution in [-0.4, -0.2) is 47.7 Å². The molecular weight excluding hydrogens is 477 g/mol. The van der Waals surface area contributed by atoms with Crippen LogP contribution in [0.2, 0.25) is 0 Å². The van der Waals surface area contributed by atoms with E-state index < -0.39 is 10.9 Å². The van der Waals surface area contributed by atoms with E-state index in [1.165, 1.54) is 0 Å². The highest BCUT2D eigenvalue weighted by Gasteiger charge is 2.24. The monoisotopic (exact) mass is 505 g/mol. The van der Waals surface area contributed by atoms with Crippen LogP contribution in [0.25, 0.3) is 11.1 Å². The first-order valence-corrected chi connectivity index (χ1v) is 12.0. The van der Waals surface area contributed by atoms with Gasteiger partial charge in [-0.1, -0.05) is 0 Å². The molecule has 3 rings (SSSR count). The van der Waals surface area contributed by atoms with Crippen LogP contribution in [0.1, 0.15) is 53.8 Å². The second kappa shape index (κ2) is 11.5. The average molecular weight is 506 g/mol. The minimum atomic E-state index is -0.792. The second-order valence-corrected chi connectivity index (χ2v) is 9.29. The van der Waals surface area contributed by atoms with Gasteiger partial charge in [-0.05, 0) is 65.2 Å². The van der Waals surface area contributed by atoms with Crippen LogP contribution in [0.5, 0.6) is 0 Å². The van der Waals surface area contributed by atoms with Crippen molar-refractivity contribution in [3.8, 4) is 11.1 Å². The number of amides is 2. The van der Waals surface area contributed by atoms with E-state index in [0.717, 1.165) is 28.2 Å². The van der Waals surface area contributed by atoms with Gasteiger partial charge < -0.3 is 10.6 Å². The van der Waals surface area contributed by atoms with E-state index in [-0.39, 0.29) is 11.8 Å². The van der Waals surface area contributed by atoms with Gasteiger partial charge in [-0.15, -0.1) is 23.2 Å². The number of hydrogen-bond donors (Lipinski definition) is 3. The highest BCUT2D eigenvalue weighted by Crippen LogP contribution is 2.28. The number of nitrogens with one attached hydrogen (secondary N) is 3. The van der Waals surface area contributed by atoms with E-state index in [2.05, 4.69) is 30.9 Å². The van der Waals surface area contributed by atoms with Crippen LogP contribution < -0.4 is 10.6 Å². The van der Waals surface area contributed by atoms with Crippen molar-refractivity contribution in [1.29, 1.82) is 0 Å². The molecule has 0 saturated heterocycles. The van der Waals surface area contributed by atoms with Gasteiger partial charge in [-0.25, -0.2) is 4.98 Å². The Bertz CT molecular complexity index is 1140. The summed E-state index contributed by atoms with van der Waals surface area (Å²) < 4.78 is 1.57. The Morgan fingerprint density at radius 3 is 2.50 bits per heavy atom. The maximum atomic E-state index is 13.1. The number of carbonyl (C=O) groups is 2. The van der Waals surface area contributed by atoms with Gasteiger partial charge in [0.1, 0.15) is 22.4 Å². The molecule has 0 aliphatic rings. The number of alkyl halides is 2. The summed E-state index contributed by atoms with van der Waals surface area (Å²) in [6.07, 6.45) is 2.99. The van der Waals surface area contributed by atoms with Gasteiger partial charge in [-0.2, -0.15) is 10.2 Å². The first kappa shape index (κ1) is 25.7. The molecule has 0 aliphatic heterocycles. The molecule has 0 saturated carbocycles. The average Bonchev–Trinajstić information content (AvgIpc) is 3.39. The lowest BCUT2D eigenvalue weighted by atomic mass is 10.0. The topological polar surface area (TPSA) is 118 Å². The zero-order valence-electron chi connectivity index (χ0n) is 19.7. The summed E-state index contributed by atoms with van der Waals surface area (Å²) in [6.45, 7) is 8.19. The molecule has 0 aliphatic carbocycles. The highest BCUT2D eigenvalue weighted by molar-refractivity contribution is 6.44. The molecule has 0 radical (unpaired) electrons. The van der Waals surface area contributed by atoms with Gasteiger partial charge in [0, 0.05) is 35.3 Å². The predicted molar refractivity (Wildman–Crippen MR) is 133 cm³/mol. The maximum absolute atomic E-state index is 13.1. The Hall–Kier alpha value is -2.91. The smallest absolute Gasteiger partial charge is 0.270 e. The summed E-state index contributed by atoms with van der Waals surface area (Å²) in [5.74, 6) is -0.347. The zero-order chi connectivity index (χ0) is 24.8. The third-order valence-corrected chi connectivity index (χ3v) is 5.96. The van der Waals surface area contributed by atoms with Gasteiger partial charge in [-0.3, -0.25) is 19.4 Å². The Balaban J connectivity index is 1.76. The number of carbonyl (C=O) groups excluding carboxylic acids is 2. The van der Waals surface area contributed by atoms with Gasteiger partial charge in [0.2, 0.25) is 5.91 Å². The lowest BCUT2D eigenvalue weighted by Gasteiger charge is -2.19. The summed E-state index contributed by atoms with van der Waals surface area (Å²) in [5.41, 5.74) is 4.91. The number of hydrogen-bond acceptors (Lipinski definition) is 5. The first-order valence-electron chi connectivity index (χ1n) is 11.1. The second-order valence-electron chi connectivity index (χ2n) is 8.01. The van der Waals surface area contributed by atoms with E-state index in [1.807, 2.05) is 33.8 Å². The normalized spacial score (nSPS) is 12.1. The molecule has 182 valence electrons. The molecule has 34 heavy (non-hydrogen) atoms. The van der Waals surface area contributed by atoms with Crippen molar-refractivity contribution in [2.45, 2.75) is 64.4 Å². The maximum Gasteiger partial charge on any atom is 0.270 e. The minimum absolute atomic E-state index is 0.369. The molecule has 11 heteroatoms. The standard InChI is InChI=1S/C23H29Cl2N7O2/c1-5-32-18(11-12-26-32)23(34)28-17(7-6-8-19(24)25)22(33)29-20-10-9-16(13(2)27-20)21-14(3)30-31-15(21)4/h9-12,17,19H,5-8H2,1-4H3,(H,28,34)(H,30,31)(H,27,29,33)/t17-/m1/s1. The predicted octanol–water partition coefficient (Wildman–Crippen LogP) is 4.32. The molecule has 9 nitrogen and oxygen atoms in total. The molecule has 3 aromatic rings. The number of anilines is 1. The molecule has 0 bridgehead atoms. The molecule has 0 spiro atoms. The van der Waals surface area contributed by atoms with Crippen molar-refractivity contribution in [3.05, 3.63) is 47.2 Å². The zero-order valence-corrected chi connectivity index (χ0v) is 21.2. The molecule has 3 N–H and O–H groups in total. The van der Waals surface area contributed by atoms with Crippen molar-refractivity contribution >= 4 is 40.8 Å². The van der Waals surface area contributed by atoms with Crippen LogP contribution in [0.15, 0.2) is 24.4 Å². The number of H-pyrrole nitrogens is 1. The van der Waals surface area contributed by atoms with Crippen LogP contribution in [0, 0.1) is 20.8 Å². The molecular formula is C23H29Cl2N7O2. The van der Waals surface area contributed by atoms with Gasteiger partial charge in [0.15, 0.2) is 0 Å². The summed E-state index contributed by atoms with van der Waals surface area (Å²) >= 11 is 11.7. The Morgan fingerprint density at radius 1 is 1.12 bits per heavy atom. The van der Waals surface area contributed by atoms with Crippen molar-refractivity contribution in [2.24, 2.45) is 0 Å². The van der Waals surface area contributed by atoms with Crippen molar-refractivity contribution < 1.29 is 9.59 Å². The van der Waals surface area contributed by atoms with E-state index in [1.54, 1.807) is 23.0 Å². The number of pyridine rings is 1. The molecule has 3 aromatic heterocycles. The van der Waals surface area contributed by atoms with Crippen molar-refractivity contribution in [2.75, 3.05) is 5.32 Å². The lowest BCUT2D eigenvalue weighted by molar-refractivity contribution is -0.118. The molecule has 0 aromatic carbocycles. The largest absolute Gasteiger partial charge is 0.339 e. The van der Waals surface area contributed by atoms with Crippen LogP contribution in [0.3, 0.4) is 0 Å². The fourth-order valence-electron chi connectivity index (χ4n) is 3.81.